The lowest BCUT2D eigenvalue weighted by Crippen LogP contribution is -2.34. The van der Waals surface area contributed by atoms with Crippen LogP contribution in [-0.4, -0.2) is 35.0 Å². The summed E-state index contributed by atoms with van der Waals surface area (Å²) in [4.78, 5) is 0.231. The number of ether oxygens (including phenoxy) is 1. The van der Waals surface area contributed by atoms with E-state index in [1.807, 2.05) is 0 Å². The Bertz CT molecular complexity index is 764. The lowest BCUT2D eigenvalue weighted by molar-refractivity contribution is 0.153. The highest BCUT2D eigenvalue weighted by atomic mass is 32.2. The molecule has 0 atom stereocenters. The Hall–Kier alpha value is -1.16. The van der Waals surface area contributed by atoms with Gasteiger partial charge in [0.15, 0.2) is 0 Å². The Balaban J connectivity index is 2.24. The summed E-state index contributed by atoms with van der Waals surface area (Å²) in [6, 6.07) is 2.54. The lowest BCUT2D eigenvalue weighted by Gasteiger charge is -2.22. The van der Waals surface area contributed by atoms with Gasteiger partial charge in [-0.05, 0) is 31.3 Å². The van der Waals surface area contributed by atoms with E-state index >= 15 is 0 Å². The summed E-state index contributed by atoms with van der Waals surface area (Å²) < 4.78 is 37.9. The van der Waals surface area contributed by atoms with Crippen LogP contribution in [-0.2, 0) is 14.8 Å². The van der Waals surface area contributed by atoms with Gasteiger partial charge in [0.05, 0.1) is 10.6 Å². The third-order valence-corrected chi connectivity index (χ3v) is 7.88. The van der Waals surface area contributed by atoms with E-state index in [2.05, 4.69) is 24.8 Å². The maximum absolute atomic E-state index is 12.9. The molecule has 2 heterocycles. The van der Waals surface area contributed by atoms with Gasteiger partial charge in [-0.1, -0.05) is 24.8 Å². The standard InChI is InChI=1S/C15H24N2O4S2Si/c1-12-13(2)16-21-15(12)17(11-20-7-9-24(3,4)5)23(18,19)14-6-8-22-10-14/h6,8,10H,7,9,11H2,1-5H3. The first-order valence-corrected chi connectivity index (χ1v) is 13.8. The first-order valence-electron chi connectivity index (χ1n) is 7.68. The number of hydrogen-bond acceptors (Lipinski definition) is 6. The van der Waals surface area contributed by atoms with Crippen molar-refractivity contribution in [1.82, 2.24) is 5.16 Å². The molecule has 0 aliphatic heterocycles. The summed E-state index contributed by atoms with van der Waals surface area (Å²) in [7, 11) is -4.98. The van der Waals surface area contributed by atoms with Crippen molar-refractivity contribution >= 4 is 35.3 Å². The topological polar surface area (TPSA) is 72.6 Å². The van der Waals surface area contributed by atoms with Gasteiger partial charge in [-0.25, -0.2) is 12.7 Å². The minimum Gasteiger partial charge on any atom is -0.360 e. The van der Waals surface area contributed by atoms with E-state index < -0.39 is 18.1 Å². The predicted octanol–water partition coefficient (Wildman–Crippen LogP) is 3.86. The molecule has 134 valence electrons. The van der Waals surface area contributed by atoms with Gasteiger partial charge in [0.2, 0.25) is 5.88 Å². The monoisotopic (exact) mass is 388 g/mol. The number of thiophene rings is 1. The van der Waals surface area contributed by atoms with E-state index in [0.717, 1.165) is 10.3 Å². The van der Waals surface area contributed by atoms with Gasteiger partial charge in [0, 0.05) is 25.6 Å². The van der Waals surface area contributed by atoms with Crippen LogP contribution in [0.5, 0.6) is 0 Å². The number of sulfonamides is 1. The number of nitrogens with zero attached hydrogens (tertiary/aromatic N) is 2. The fourth-order valence-electron chi connectivity index (χ4n) is 1.92. The Labute approximate surface area is 148 Å². The zero-order valence-electron chi connectivity index (χ0n) is 14.7. The van der Waals surface area contributed by atoms with Crippen molar-refractivity contribution in [3.8, 4) is 0 Å². The van der Waals surface area contributed by atoms with E-state index in [9.17, 15) is 8.42 Å². The molecule has 0 bridgehead atoms. The number of aromatic nitrogens is 1. The molecule has 0 aliphatic carbocycles. The van der Waals surface area contributed by atoms with Crippen LogP contribution in [0.3, 0.4) is 0 Å². The number of rotatable bonds is 8. The molecule has 24 heavy (non-hydrogen) atoms. The van der Waals surface area contributed by atoms with Crippen LogP contribution in [0.1, 0.15) is 11.3 Å². The van der Waals surface area contributed by atoms with E-state index in [1.54, 1.807) is 30.7 Å². The van der Waals surface area contributed by atoms with Crippen LogP contribution in [0.2, 0.25) is 25.7 Å². The lowest BCUT2D eigenvalue weighted by atomic mass is 10.3. The zero-order valence-corrected chi connectivity index (χ0v) is 17.3. The molecular formula is C15H24N2O4S2Si. The maximum atomic E-state index is 12.9. The molecule has 9 heteroatoms. The third-order valence-electron chi connectivity index (χ3n) is 3.65. The fraction of sp³-hybridized carbons (Fsp3) is 0.533. The van der Waals surface area contributed by atoms with Crippen LogP contribution in [0.4, 0.5) is 5.88 Å². The summed E-state index contributed by atoms with van der Waals surface area (Å²) in [5.74, 6) is 0.215. The second kappa shape index (κ2) is 7.38. The molecule has 0 amide bonds. The van der Waals surface area contributed by atoms with Crippen LogP contribution < -0.4 is 4.31 Å². The van der Waals surface area contributed by atoms with Gasteiger partial charge < -0.3 is 9.26 Å². The van der Waals surface area contributed by atoms with E-state index in [-0.39, 0.29) is 17.5 Å². The van der Waals surface area contributed by atoms with Crippen molar-refractivity contribution in [1.29, 1.82) is 0 Å². The minimum absolute atomic E-state index is 0.0852. The van der Waals surface area contributed by atoms with Crippen molar-refractivity contribution in [3.05, 3.63) is 28.1 Å². The van der Waals surface area contributed by atoms with Crippen LogP contribution in [0.15, 0.2) is 26.2 Å². The highest BCUT2D eigenvalue weighted by Crippen LogP contribution is 2.29. The first kappa shape index (κ1) is 19.2. The maximum Gasteiger partial charge on any atom is 0.269 e. The summed E-state index contributed by atoms with van der Waals surface area (Å²) in [5, 5.41) is 7.20. The second-order valence-corrected chi connectivity index (χ2v) is 15.1. The van der Waals surface area contributed by atoms with Crippen LogP contribution in [0, 0.1) is 13.8 Å². The smallest absolute Gasteiger partial charge is 0.269 e. The summed E-state index contributed by atoms with van der Waals surface area (Å²) in [6.45, 7) is 10.8. The first-order chi connectivity index (χ1) is 11.1. The molecule has 0 aliphatic rings. The minimum atomic E-state index is -3.74. The molecule has 0 radical (unpaired) electrons. The second-order valence-electron chi connectivity index (χ2n) is 6.86. The molecule has 0 N–H and O–H groups in total. The number of aryl methyl sites for hydroxylation is 1. The summed E-state index contributed by atoms with van der Waals surface area (Å²) in [6.07, 6.45) is 0. The van der Waals surface area contributed by atoms with Crippen molar-refractivity contribution in [2.24, 2.45) is 0 Å². The Morgan fingerprint density at radius 3 is 2.54 bits per heavy atom. The van der Waals surface area contributed by atoms with Crippen molar-refractivity contribution in [2.75, 3.05) is 17.6 Å². The van der Waals surface area contributed by atoms with Crippen molar-refractivity contribution in [2.45, 2.75) is 44.4 Å². The Morgan fingerprint density at radius 1 is 1.33 bits per heavy atom. The quantitative estimate of drug-likeness (QED) is 0.390. The van der Waals surface area contributed by atoms with Crippen molar-refractivity contribution in [3.63, 3.8) is 0 Å². The van der Waals surface area contributed by atoms with Gasteiger partial charge in [-0.2, -0.15) is 11.3 Å². The molecule has 0 fully saturated rings. The molecule has 2 aromatic rings. The summed E-state index contributed by atoms with van der Waals surface area (Å²) in [5.41, 5.74) is 1.36. The molecule has 0 aromatic carbocycles. The molecule has 0 spiro atoms. The highest BCUT2D eigenvalue weighted by molar-refractivity contribution is 7.93. The molecule has 2 rings (SSSR count). The van der Waals surface area contributed by atoms with Gasteiger partial charge in [0.25, 0.3) is 10.0 Å². The largest absolute Gasteiger partial charge is 0.360 e. The Kier molecular flexibility index (Phi) is 5.90. The average molecular weight is 389 g/mol. The average Bonchev–Trinajstić information content (AvgIpc) is 3.11. The van der Waals surface area contributed by atoms with Crippen molar-refractivity contribution < 1.29 is 17.7 Å². The normalized spacial score (nSPS) is 12.5. The zero-order chi connectivity index (χ0) is 18.0. The summed E-state index contributed by atoms with van der Waals surface area (Å²) >= 11 is 1.33. The van der Waals surface area contributed by atoms with Gasteiger partial charge in [-0.3, -0.25) is 0 Å². The molecule has 6 nitrogen and oxygen atoms in total. The van der Waals surface area contributed by atoms with E-state index in [1.165, 1.54) is 11.3 Å². The molecule has 0 saturated carbocycles. The van der Waals surface area contributed by atoms with Gasteiger partial charge >= 0.3 is 0 Å². The highest BCUT2D eigenvalue weighted by Gasteiger charge is 2.30. The number of anilines is 1. The Morgan fingerprint density at radius 2 is 2.04 bits per heavy atom. The number of hydrogen-bond donors (Lipinski definition) is 0. The third kappa shape index (κ3) is 4.47. The fourth-order valence-corrected chi connectivity index (χ4v) is 5.03. The van der Waals surface area contributed by atoms with Gasteiger partial charge in [0.1, 0.15) is 6.73 Å². The molecule has 0 unspecified atom stereocenters. The SMILES string of the molecule is Cc1noc(N(COCC[Si](C)(C)C)S(=O)(=O)c2ccsc2)c1C. The predicted molar refractivity (Wildman–Crippen MR) is 98.9 cm³/mol. The molecule has 2 aromatic heterocycles. The van der Waals surface area contributed by atoms with E-state index in [0.29, 0.717) is 17.9 Å². The molecular weight excluding hydrogens is 364 g/mol. The molecule has 0 saturated heterocycles. The van der Waals surface area contributed by atoms with E-state index in [4.69, 9.17) is 9.26 Å². The van der Waals surface area contributed by atoms with Crippen LogP contribution in [0.25, 0.3) is 0 Å². The van der Waals surface area contributed by atoms with Gasteiger partial charge in [-0.15, -0.1) is 0 Å². The van der Waals surface area contributed by atoms with Crippen LogP contribution >= 0.6 is 11.3 Å².